The van der Waals surface area contributed by atoms with Crippen LogP contribution in [0.2, 0.25) is 0 Å². The number of thiophene rings is 2. The van der Waals surface area contributed by atoms with Crippen molar-refractivity contribution in [2.24, 2.45) is 0 Å². The topological polar surface area (TPSA) is 37.4 Å². The third-order valence-electron chi connectivity index (χ3n) is 2.50. The zero-order valence-electron chi connectivity index (χ0n) is 9.67. The van der Waals surface area contributed by atoms with Crippen molar-refractivity contribution in [1.29, 1.82) is 0 Å². The van der Waals surface area contributed by atoms with Crippen molar-refractivity contribution in [2.75, 3.05) is 7.05 Å². The van der Waals surface area contributed by atoms with Gasteiger partial charge in [-0.2, -0.15) is 15.6 Å². The second-order valence-electron chi connectivity index (χ2n) is 3.73. The van der Waals surface area contributed by atoms with Crippen molar-refractivity contribution in [2.45, 2.75) is 17.3 Å². The molecule has 7 heteroatoms. The lowest BCUT2D eigenvalue weighted by atomic mass is 10.3. The van der Waals surface area contributed by atoms with Gasteiger partial charge in [0.25, 0.3) is 0 Å². The van der Waals surface area contributed by atoms with Gasteiger partial charge in [0.1, 0.15) is 0 Å². The molecule has 0 saturated heterocycles. The minimum absolute atomic E-state index is 0.221. The van der Waals surface area contributed by atoms with Gasteiger partial charge in [0.15, 0.2) is 0 Å². The van der Waals surface area contributed by atoms with Crippen LogP contribution in [0.3, 0.4) is 0 Å². The number of rotatable bonds is 5. The Morgan fingerprint density at radius 2 is 2.11 bits per heavy atom. The molecule has 0 bridgehead atoms. The molecule has 0 unspecified atom stereocenters. The number of alkyl halides is 1. The molecule has 0 atom stereocenters. The summed E-state index contributed by atoms with van der Waals surface area (Å²) >= 11 is 8.68. The van der Waals surface area contributed by atoms with E-state index in [0.29, 0.717) is 16.3 Å². The summed E-state index contributed by atoms with van der Waals surface area (Å²) in [5, 5.41) is 5.63. The second kappa shape index (κ2) is 5.71. The third-order valence-corrected chi connectivity index (χ3v) is 6.60. The second-order valence-corrected chi connectivity index (χ2v) is 7.80. The molecule has 2 rings (SSSR count). The summed E-state index contributed by atoms with van der Waals surface area (Å²) in [4.78, 5) is 1.01. The monoisotopic (exact) mass is 321 g/mol. The van der Waals surface area contributed by atoms with Crippen LogP contribution in [-0.2, 0) is 22.4 Å². The maximum absolute atomic E-state index is 12.4. The molecule has 2 aromatic rings. The Morgan fingerprint density at radius 3 is 2.72 bits per heavy atom. The van der Waals surface area contributed by atoms with E-state index in [1.807, 2.05) is 16.8 Å². The Balaban J connectivity index is 2.26. The molecule has 0 aliphatic heterocycles. The van der Waals surface area contributed by atoms with E-state index >= 15 is 0 Å². The quantitative estimate of drug-likeness (QED) is 0.792. The van der Waals surface area contributed by atoms with Crippen molar-refractivity contribution in [3.63, 3.8) is 0 Å². The van der Waals surface area contributed by atoms with Crippen LogP contribution in [-0.4, -0.2) is 19.8 Å². The predicted molar refractivity (Wildman–Crippen MR) is 76.8 cm³/mol. The van der Waals surface area contributed by atoms with Gasteiger partial charge in [-0.25, -0.2) is 8.42 Å². The highest BCUT2D eigenvalue weighted by Gasteiger charge is 2.24. The lowest BCUT2D eigenvalue weighted by Gasteiger charge is -2.16. The highest BCUT2D eigenvalue weighted by Crippen LogP contribution is 2.27. The average molecular weight is 322 g/mol. The lowest BCUT2D eigenvalue weighted by Crippen LogP contribution is -2.26. The molecule has 3 nitrogen and oxygen atoms in total. The Bertz CT molecular complexity index is 604. The maximum Gasteiger partial charge on any atom is 0.244 e. The van der Waals surface area contributed by atoms with Gasteiger partial charge in [-0.1, -0.05) is 0 Å². The average Bonchev–Trinajstić information content (AvgIpc) is 2.98. The van der Waals surface area contributed by atoms with Gasteiger partial charge >= 0.3 is 0 Å². The Morgan fingerprint density at radius 1 is 1.33 bits per heavy atom. The summed E-state index contributed by atoms with van der Waals surface area (Å²) in [5.41, 5.74) is 0.994. The fourth-order valence-corrected chi connectivity index (χ4v) is 5.04. The first-order valence-corrected chi connectivity index (χ1v) is 8.95. The van der Waals surface area contributed by atoms with Gasteiger partial charge < -0.3 is 0 Å². The van der Waals surface area contributed by atoms with Gasteiger partial charge in [-0.15, -0.1) is 22.9 Å². The predicted octanol–water partition coefficient (Wildman–Crippen LogP) is 3.37. The van der Waals surface area contributed by atoms with Crippen LogP contribution in [0, 0.1) is 0 Å². The highest BCUT2D eigenvalue weighted by atomic mass is 35.5. The molecule has 2 heterocycles. The molecule has 2 aromatic heterocycles. The first kappa shape index (κ1) is 14.0. The summed E-state index contributed by atoms with van der Waals surface area (Å²) in [6.45, 7) is 0.378. The molecule has 18 heavy (non-hydrogen) atoms. The molecule has 0 amide bonds. The lowest BCUT2D eigenvalue weighted by molar-refractivity contribution is 0.467. The van der Waals surface area contributed by atoms with Crippen LogP contribution in [0.4, 0.5) is 0 Å². The van der Waals surface area contributed by atoms with E-state index < -0.39 is 10.0 Å². The molecule has 0 aliphatic carbocycles. The fourth-order valence-electron chi connectivity index (χ4n) is 1.55. The normalized spacial score (nSPS) is 12.2. The zero-order valence-corrected chi connectivity index (χ0v) is 12.9. The summed E-state index contributed by atoms with van der Waals surface area (Å²) in [5.74, 6) is 0.221. The molecule has 0 fully saturated rings. The van der Waals surface area contributed by atoms with E-state index in [2.05, 4.69) is 0 Å². The number of halogens is 1. The highest BCUT2D eigenvalue weighted by molar-refractivity contribution is 7.89. The SMILES string of the molecule is CN(Cc1ccsc1)S(=O)(=O)c1ccsc1CCl. The Hall–Kier alpha value is -0.400. The number of hydrogen-bond acceptors (Lipinski definition) is 4. The van der Waals surface area contributed by atoms with Gasteiger partial charge in [0.05, 0.1) is 10.8 Å². The largest absolute Gasteiger partial charge is 0.244 e. The maximum atomic E-state index is 12.4. The Labute approximate surface area is 120 Å². The summed E-state index contributed by atoms with van der Waals surface area (Å²) in [6.07, 6.45) is 0. The molecule has 0 radical (unpaired) electrons. The van der Waals surface area contributed by atoms with Crippen LogP contribution in [0.25, 0.3) is 0 Å². The smallest absolute Gasteiger partial charge is 0.207 e. The van der Waals surface area contributed by atoms with Crippen LogP contribution in [0.5, 0.6) is 0 Å². The standard InChI is InChI=1S/C11H12ClNO2S3/c1-13(7-9-2-4-16-8-9)18(14,15)11-3-5-17-10(11)6-12/h2-5,8H,6-7H2,1H3. The molecule has 0 aliphatic rings. The molecule has 0 aromatic carbocycles. The summed E-state index contributed by atoms with van der Waals surface area (Å²) < 4.78 is 26.1. The van der Waals surface area contributed by atoms with E-state index in [4.69, 9.17) is 11.6 Å². The van der Waals surface area contributed by atoms with Crippen LogP contribution < -0.4 is 0 Å². The van der Waals surface area contributed by atoms with Crippen LogP contribution in [0.1, 0.15) is 10.4 Å². The molecule has 0 spiro atoms. The Kier molecular flexibility index (Phi) is 4.45. The van der Waals surface area contributed by atoms with Crippen LogP contribution in [0.15, 0.2) is 33.2 Å². The van der Waals surface area contributed by atoms with Crippen molar-refractivity contribution < 1.29 is 8.42 Å². The molecular formula is C11H12ClNO2S3. The number of sulfonamides is 1. The van der Waals surface area contributed by atoms with Crippen molar-refractivity contribution >= 4 is 44.3 Å². The van der Waals surface area contributed by atoms with Crippen LogP contribution >= 0.6 is 34.3 Å². The molecule has 0 N–H and O–H groups in total. The summed E-state index contributed by atoms with van der Waals surface area (Å²) in [6, 6.07) is 3.54. The molecule has 98 valence electrons. The first-order chi connectivity index (χ1) is 8.55. The third kappa shape index (κ3) is 2.78. The van der Waals surface area contributed by atoms with E-state index in [-0.39, 0.29) is 5.88 Å². The molecule has 0 saturated carbocycles. The van der Waals surface area contributed by atoms with Crippen molar-refractivity contribution in [3.05, 3.63) is 38.7 Å². The number of hydrogen-bond donors (Lipinski definition) is 0. The minimum atomic E-state index is -3.45. The van der Waals surface area contributed by atoms with Gasteiger partial charge in [-0.3, -0.25) is 0 Å². The minimum Gasteiger partial charge on any atom is -0.207 e. The van der Waals surface area contributed by atoms with E-state index in [1.54, 1.807) is 29.8 Å². The fraction of sp³-hybridized carbons (Fsp3) is 0.273. The number of nitrogens with zero attached hydrogens (tertiary/aromatic N) is 1. The van der Waals surface area contributed by atoms with Crippen molar-refractivity contribution in [1.82, 2.24) is 4.31 Å². The van der Waals surface area contributed by atoms with Gasteiger partial charge in [0.2, 0.25) is 10.0 Å². The van der Waals surface area contributed by atoms with Gasteiger partial charge in [0, 0.05) is 18.5 Å². The molecular weight excluding hydrogens is 310 g/mol. The first-order valence-electron chi connectivity index (χ1n) is 5.15. The van der Waals surface area contributed by atoms with E-state index in [9.17, 15) is 8.42 Å². The zero-order chi connectivity index (χ0) is 13.2. The van der Waals surface area contributed by atoms with E-state index in [0.717, 1.165) is 5.56 Å². The summed E-state index contributed by atoms with van der Waals surface area (Å²) in [7, 11) is -1.86. The van der Waals surface area contributed by atoms with E-state index in [1.165, 1.54) is 15.6 Å². The van der Waals surface area contributed by atoms with Gasteiger partial charge in [-0.05, 0) is 33.8 Å². The van der Waals surface area contributed by atoms with Crippen molar-refractivity contribution in [3.8, 4) is 0 Å².